The standard InChI is InChI=1S/C28H38FN3O2/c1-5-6-13-24-25(21-14-16-22(29)17-15-21)31-32(23-11-8-7-9-12-23)28(24,4)26(34)30-19-10-18-27(2,3)20-33/h7-9,11-12,14-17,24,33H,5-6,10,13,18-20H2,1-4H3,(H,30,34). The third-order valence-corrected chi connectivity index (χ3v) is 6.85. The zero-order valence-corrected chi connectivity index (χ0v) is 20.9. The number of aliphatic hydroxyl groups is 1. The number of rotatable bonds is 11. The molecule has 2 N–H and O–H groups in total. The molecule has 3 rings (SSSR count). The van der Waals surface area contributed by atoms with Crippen molar-refractivity contribution >= 4 is 17.3 Å². The Kier molecular flexibility index (Phi) is 8.47. The van der Waals surface area contributed by atoms with Gasteiger partial charge in [0, 0.05) is 19.1 Å². The van der Waals surface area contributed by atoms with Gasteiger partial charge in [-0.3, -0.25) is 4.79 Å². The fourth-order valence-electron chi connectivity index (χ4n) is 4.58. The minimum Gasteiger partial charge on any atom is -0.396 e. The predicted molar refractivity (Wildman–Crippen MR) is 136 cm³/mol. The van der Waals surface area contributed by atoms with Gasteiger partial charge in [-0.1, -0.05) is 63.9 Å². The van der Waals surface area contributed by atoms with E-state index in [1.165, 1.54) is 12.1 Å². The number of benzene rings is 2. The van der Waals surface area contributed by atoms with Crippen molar-refractivity contribution < 1.29 is 14.3 Å². The second-order valence-corrected chi connectivity index (χ2v) is 10.2. The molecule has 1 aliphatic rings. The summed E-state index contributed by atoms with van der Waals surface area (Å²) in [6, 6.07) is 16.1. The van der Waals surface area contributed by atoms with E-state index in [4.69, 9.17) is 5.10 Å². The maximum Gasteiger partial charge on any atom is 0.248 e. The Morgan fingerprint density at radius 1 is 1.15 bits per heavy atom. The van der Waals surface area contributed by atoms with Crippen LogP contribution >= 0.6 is 0 Å². The van der Waals surface area contributed by atoms with E-state index in [-0.39, 0.29) is 29.7 Å². The molecule has 0 aromatic heterocycles. The first kappa shape index (κ1) is 25.9. The summed E-state index contributed by atoms with van der Waals surface area (Å²) in [6.07, 6.45) is 4.37. The summed E-state index contributed by atoms with van der Waals surface area (Å²) in [5.74, 6) is -0.509. The van der Waals surface area contributed by atoms with Crippen LogP contribution in [0.5, 0.6) is 0 Å². The molecule has 0 radical (unpaired) electrons. The van der Waals surface area contributed by atoms with Crippen molar-refractivity contribution in [3.05, 3.63) is 66.0 Å². The number of nitrogens with one attached hydrogen (secondary N) is 1. The number of carbonyl (C=O) groups excluding carboxylic acids is 1. The minimum absolute atomic E-state index is 0.0693. The van der Waals surface area contributed by atoms with E-state index in [2.05, 4.69) is 12.2 Å². The normalized spacial score (nSPS) is 20.4. The van der Waals surface area contributed by atoms with Crippen LogP contribution in [0.3, 0.4) is 0 Å². The van der Waals surface area contributed by atoms with Gasteiger partial charge >= 0.3 is 0 Å². The fraction of sp³-hybridized carbons (Fsp3) is 0.500. The zero-order valence-electron chi connectivity index (χ0n) is 20.9. The Labute approximate surface area is 203 Å². The Hall–Kier alpha value is -2.73. The van der Waals surface area contributed by atoms with Crippen LogP contribution < -0.4 is 10.3 Å². The van der Waals surface area contributed by atoms with Crippen molar-refractivity contribution in [2.45, 2.75) is 65.3 Å². The highest BCUT2D eigenvalue weighted by Gasteiger charge is 2.53. The lowest BCUT2D eigenvalue weighted by atomic mass is 9.77. The summed E-state index contributed by atoms with van der Waals surface area (Å²) in [7, 11) is 0. The van der Waals surface area contributed by atoms with Crippen LogP contribution in [0.15, 0.2) is 59.7 Å². The van der Waals surface area contributed by atoms with Crippen molar-refractivity contribution in [1.29, 1.82) is 0 Å². The molecule has 0 saturated carbocycles. The molecule has 2 aromatic rings. The summed E-state index contributed by atoms with van der Waals surface area (Å²) in [5, 5.41) is 19.5. The predicted octanol–water partition coefficient (Wildman–Crippen LogP) is 5.53. The van der Waals surface area contributed by atoms with Gasteiger partial charge in [0.05, 0.1) is 11.4 Å². The number of hydrazone groups is 1. The maximum atomic E-state index is 13.8. The van der Waals surface area contributed by atoms with Crippen molar-refractivity contribution in [2.75, 3.05) is 18.2 Å². The smallest absolute Gasteiger partial charge is 0.248 e. The van der Waals surface area contributed by atoms with Crippen LogP contribution in [-0.2, 0) is 4.79 Å². The number of unbranched alkanes of at least 4 members (excludes halogenated alkanes) is 1. The number of aliphatic hydroxyl groups excluding tert-OH is 1. The van der Waals surface area contributed by atoms with E-state index >= 15 is 0 Å². The first-order valence-electron chi connectivity index (χ1n) is 12.3. The number of amides is 1. The van der Waals surface area contributed by atoms with Crippen LogP contribution in [0.1, 0.15) is 65.4 Å². The molecule has 34 heavy (non-hydrogen) atoms. The van der Waals surface area contributed by atoms with Gasteiger partial charge in [0.15, 0.2) is 0 Å². The highest BCUT2D eigenvalue weighted by Crippen LogP contribution is 2.41. The van der Waals surface area contributed by atoms with Crippen molar-refractivity contribution in [3.8, 4) is 0 Å². The molecule has 184 valence electrons. The van der Waals surface area contributed by atoms with E-state index in [0.29, 0.717) is 6.54 Å². The number of carbonyl (C=O) groups is 1. The lowest BCUT2D eigenvalue weighted by Gasteiger charge is -2.38. The molecular formula is C28H38FN3O2. The Morgan fingerprint density at radius 3 is 2.44 bits per heavy atom. The lowest BCUT2D eigenvalue weighted by Crippen LogP contribution is -2.58. The number of anilines is 1. The van der Waals surface area contributed by atoms with Crippen LogP contribution in [0.2, 0.25) is 0 Å². The number of nitrogens with zero attached hydrogens (tertiary/aromatic N) is 2. The molecule has 6 heteroatoms. The Balaban J connectivity index is 1.94. The molecule has 0 aliphatic carbocycles. The van der Waals surface area contributed by atoms with Crippen LogP contribution in [0.25, 0.3) is 0 Å². The second-order valence-electron chi connectivity index (χ2n) is 10.2. The average Bonchev–Trinajstić information content (AvgIpc) is 3.14. The van der Waals surface area contributed by atoms with Gasteiger partial charge in [0.25, 0.3) is 0 Å². The van der Waals surface area contributed by atoms with E-state index in [1.807, 2.05) is 56.1 Å². The minimum atomic E-state index is -0.924. The first-order chi connectivity index (χ1) is 16.2. The van der Waals surface area contributed by atoms with E-state index < -0.39 is 5.54 Å². The molecule has 1 amide bonds. The van der Waals surface area contributed by atoms with Gasteiger partial charge in [-0.05, 0) is 61.4 Å². The fourth-order valence-corrected chi connectivity index (χ4v) is 4.58. The van der Waals surface area contributed by atoms with Crippen molar-refractivity contribution in [3.63, 3.8) is 0 Å². The molecule has 0 saturated heterocycles. The maximum absolute atomic E-state index is 13.8. The Bertz CT molecular complexity index is 975. The molecule has 2 unspecified atom stereocenters. The lowest BCUT2D eigenvalue weighted by molar-refractivity contribution is -0.126. The van der Waals surface area contributed by atoms with E-state index in [0.717, 1.165) is 49.1 Å². The number of para-hydroxylation sites is 1. The van der Waals surface area contributed by atoms with Gasteiger partial charge in [-0.25, -0.2) is 9.40 Å². The average molecular weight is 468 g/mol. The first-order valence-corrected chi connectivity index (χ1v) is 12.3. The third kappa shape index (κ3) is 5.66. The molecular weight excluding hydrogens is 429 g/mol. The third-order valence-electron chi connectivity index (χ3n) is 6.85. The van der Waals surface area contributed by atoms with Crippen LogP contribution in [0.4, 0.5) is 10.1 Å². The topological polar surface area (TPSA) is 64.9 Å². The number of halogens is 1. The summed E-state index contributed by atoms with van der Waals surface area (Å²) in [4.78, 5) is 13.8. The summed E-state index contributed by atoms with van der Waals surface area (Å²) < 4.78 is 13.6. The zero-order chi connectivity index (χ0) is 24.8. The summed E-state index contributed by atoms with van der Waals surface area (Å²) in [5.41, 5.74) is 1.41. The molecule has 2 atom stereocenters. The van der Waals surface area contributed by atoms with E-state index in [1.54, 1.807) is 12.1 Å². The molecule has 0 spiro atoms. The largest absolute Gasteiger partial charge is 0.396 e. The summed E-state index contributed by atoms with van der Waals surface area (Å²) in [6.45, 7) is 8.80. The van der Waals surface area contributed by atoms with Gasteiger partial charge in [-0.15, -0.1) is 0 Å². The SMILES string of the molecule is CCCCC1C(c2ccc(F)cc2)=NN(c2ccccc2)C1(C)C(=O)NCCCC(C)(C)CO. The highest BCUT2D eigenvalue weighted by atomic mass is 19.1. The quantitative estimate of drug-likeness (QED) is 0.427. The second kappa shape index (κ2) is 11.1. The van der Waals surface area contributed by atoms with Gasteiger partial charge < -0.3 is 10.4 Å². The monoisotopic (exact) mass is 467 g/mol. The van der Waals surface area contributed by atoms with Gasteiger partial charge in [0.1, 0.15) is 11.4 Å². The molecule has 1 heterocycles. The molecule has 5 nitrogen and oxygen atoms in total. The van der Waals surface area contributed by atoms with E-state index in [9.17, 15) is 14.3 Å². The highest BCUT2D eigenvalue weighted by molar-refractivity contribution is 6.10. The van der Waals surface area contributed by atoms with Crippen molar-refractivity contribution in [1.82, 2.24) is 5.32 Å². The summed E-state index contributed by atoms with van der Waals surface area (Å²) >= 11 is 0. The molecule has 0 bridgehead atoms. The van der Waals surface area contributed by atoms with Gasteiger partial charge in [0.2, 0.25) is 5.91 Å². The number of hydrogen-bond acceptors (Lipinski definition) is 4. The van der Waals surface area contributed by atoms with Crippen molar-refractivity contribution in [2.24, 2.45) is 16.4 Å². The Morgan fingerprint density at radius 2 is 1.82 bits per heavy atom. The molecule has 1 aliphatic heterocycles. The molecule has 2 aromatic carbocycles. The van der Waals surface area contributed by atoms with Gasteiger partial charge in [-0.2, -0.15) is 5.10 Å². The van der Waals surface area contributed by atoms with Crippen LogP contribution in [0, 0.1) is 17.2 Å². The van der Waals surface area contributed by atoms with Crippen LogP contribution in [-0.4, -0.2) is 35.4 Å². The number of hydrogen-bond donors (Lipinski definition) is 2. The molecule has 0 fully saturated rings.